The molecule has 5 nitrogen and oxygen atoms in total. The molecule has 0 bridgehead atoms. The molecule has 5 heteroatoms. The van der Waals surface area contributed by atoms with Crippen LogP contribution in [0.25, 0.3) is 6.08 Å². The van der Waals surface area contributed by atoms with Crippen LogP contribution in [0.1, 0.15) is 27.0 Å². The molecule has 1 N–H and O–H groups in total. The second-order valence-electron chi connectivity index (χ2n) is 7.81. The van der Waals surface area contributed by atoms with Crippen LogP contribution in [-0.4, -0.2) is 22.6 Å². The third kappa shape index (κ3) is 4.14. The molecule has 34 heavy (non-hydrogen) atoms. The van der Waals surface area contributed by atoms with Crippen molar-refractivity contribution in [3.63, 3.8) is 0 Å². The molecule has 164 valence electrons. The normalized spacial score (nSPS) is 14.4. The van der Waals surface area contributed by atoms with Gasteiger partial charge in [0.25, 0.3) is 5.91 Å². The van der Waals surface area contributed by atoms with Crippen LogP contribution in [0.2, 0.25) is 0 Å². The highest BCUT2D eigenvalue weighted by atomic mass is 16.3. The quantitative estimate of drug-likeness (QED) is 0.328. The average Bonchev–Trinajstić information content (AvgIpc) is 3.22. The standard InChI is InChI=1S/C29H20N2O3/c32-25-17-11-20(12-18-25)19-26-29(34)31(28(30-26)23-9-5-2-6-10-23)24-15-13-22(14-16-24)27(33)21-7-3-1-4-8-21/h1-19,32H/b26-19+. The highest BCUT2D eigenvalue weighted by molar-refractivity contribution is 6.33. The Morgan fingerprint density at radius 3 is 1.97 bits per heavy atom. The van der Waals surface area contributed by atoms with Gasteiger partial charge in [-0.3, -0.25) is 14.5 Å². The average molecular weight is 444 g/mol. The number of nitrogens with zero attached hydrogens (tertiary/aromatic N) is 2. The van der Waals surface area contributed by atoms with Gasteiger partial charge in [0.2, 0.25) is 0 Å². The van der Waals surface area contributed by atoms with E-state index in [0.29, 0.717) is 22.6 Å². The Labute approximate surface area is 197 Å². The number of aliphatic imine (C=N–C) groups is 1. The van der Waals surface area contributed by atoms with Crippen LogP contribution in [0.5, 0.6) is 5.75 Å². The lowest BCUT2D eigenvalue weighted by atomic mass is 10.0. The summed E-state index contributed by atoms with van der Waals surface area (Å²) < 4.78 is 0. The number of hydrogen-bond donors (Lipinski definition) is 1. The van der Waals surface area contributed by atoms with E-state index in [1.165, 1.54) is 0 Å². The SMILES string of the molecule is O=C(c1ccccc1)c1ccc(N2C(=O)/C(=C\c3ccc(O)cc3)N=C2c2ccccc2)cc1. The fourth-order valence-corrected chi connectivity index (χ4v) is 3.78. The van der Waals surface area contributed by atoms with Crippen LogP contribution in [0, 0.1) is 0 Å². The summed E-state index contributed by atoms with van der Waals surface area (Å²) in [6.07, 6.45) is 1.69. The van der Waals surface area contributed by atoms with Crippen molar-refractivity contribution < 1.29 is 14.7 Å². The highest BCUT2D eigenvalue weighted by Crippen LogP contribution is 2.28. The summed E-state index contributed by atoms with van der Waals surface area (Å²) in [5, 5.41) is 9.54. The van der Waals surface area contributed by atoms with Gasteiger partial charge >= 0.3 is 0 Å². The second kappa shape index (κ2) is 9.00. The Kier molecular flexibility index (Phi) is 5.58. The number of amides is 1. The molecule has 1 aliphatic heterocycles. The first kappa shape index (κ1) is 21.1. The van der Waals surface area contributed by atoms with E-state index in [2.05, 4.69) is 4.99 Å². The largest absolute Gasteiger partial charge is 0.508 e. The van der Waals surface area contributed by atoms with E-state index in [1.807, 2.05) is 48.5 Å². The summed E-state index contributed by atoms with van der Waals surface area (Å²) in [6.45, 7) is 0. The smallest absolute Gasteiger partial charge is 0.282 e. The van der Waals surface area contributed by atoms with Gasteiger partial charge in [-0.15, -0.1) is 0 Å². The van der Waals surface area contributed by atoms with Crippen molar-refractivity contribution in [2.45, 2.75) is 0 Å². The minimum Gasteiger partial charge on any atom is -0.508 e. The molecule has 5 rings (SSSR count). The molecule has 0 saturated carbocycles. The van der Waals surface area contributed by atoms with E-state index < -0.39 is 0 Å². The molecule has 0 fully saturated rings. The molecule has 0 spiro atoms. The van der Waals surface area contributed by atoms with Gasteiger partial charge in [0.15, 0.2) is 5.78 Å². The zero-order chi connectivity index (χ0) is 23.5. The molecule has 1 aliphatic rings. The number of anilines is 1. The van der Waals surface area contributed by atoms with Crippen molar-refractivity contribution in [3.8, 4) is 5.75 Å². The van der Waals surface area contributed by atoms with Gasteiger partial charge in [0.1, 0.15) is 17.3 Å². The molecule has 0 aromatic heterocycles. The Hall–Kier alpha value is -4.77. The number of ketones is 1. The van der Waals surface area contributed by atoms with Crippen LogP contribution in [-0.2, 0) is 4.79 Å². The first-order chi connectivity index (χ1) is 16.6. The van der Waals surface area contributed by atoms with E-state index in [9.17, 15) is 14.7 Å². The summed E-state index contributed by atoms with van der Waals surface area (Å²) >= 11 is 0. The van der Waals surface area contributed by atoms with Gasteiger partial charge in [-0.25, -0.2) is 4.99 Å². The van der Waals surface area contributed by atoms with Crippen LogP contribution in [0.15, 0.2) is 120 Å². The molecule has 0 atom stereocenters. The van der Waals surface area contributed by atoms with Gasteiger partial charge in [0.05, 0.1) is 5.69 Å². The first-order valence-corrected chi connectivity index (χ1v) is 10.8. The fraction of sp³-hybridized carbons (Fsp3) is 0. The number of carbonyl (C=O) groups excluding carboxylic acids is 2. The summed E-state index contributed by atoms with van der Waals surface area (Å²) in [6, 6.07) is 32.1. The predicted octanol–water partition coefficient (Wildman–Crippen LogP) is 5.46. The molecule has 4 aromatic rings. The Balaban J connectivity index is 1.51. The summed E-state index contributed by atoms with van der Waals surface area (Å²) in [5.74, 6) is 0.316. The molecular formula is C29H20N2O3. The number of rotatable bonds is 5. The number of phenolic OH excluding ortho intramolecular Hbond substituents is 1. The minimum atomic E-state index is -0.269. The Bertz CT molecular complexity index is 1410. The molecule has 0 saturated heterocycles. The summed E-state index contributed by atoms with van der Waals surface area (Å²) in [5.41, 5.74) is 3.61. The lowest BCUT2D eigenvalue weighted by Crippen LogP contribution is -2.32. The zero-order valence-corrected chi connectivity index (χ0v) is 18.1. The van der Waals surface area contributed by atoms with Crippen LogP contribution >= 0.6 is 0 Å². The van der Waals surface area contributed by atoms with E-state index in [-0.39, 0.29) is 23.1 Å². The maximum absolute atomic E-state index is 13.4. The Morgan fingerprint density at radius 2 is 1.32 bits per heavy atom. The van der Waals surface area contributed by atoms with Crippen molar-refractivity contribution >= 4 is 29.3 Å². The molecule has 0 radical (unpaired) electrons. The fourth-order valence-electron chi connectivity index (χ4n) is 3.78. The van der Waals surface area contributed by atoms with Crippen LogP contribution in [0.3, 0.4) is 0 Å². The summed E-state index contributed by atoms with van der Waals surface area (Å²) in [4.78, 5) is 32.4. The minimum absolute atomic E-state index is 0.0789. The van der Waals surface area contributed by atoms with Gasteiger partial charge in [-0.2, -0.15) is 0 Å². The maximum Gasteiger partial charge on any atom is 0.282 e. The van der Waals surface area contributed by atoms with Gasteiger partial charge in [0, 0.05) is 16.7 Å². The van der Waals surface area contributed by atoms with Crippen molar-refractivity contribution in [1.29, 1.82) is 0 Å². The highest BCUT2D eigenvalue weighted by Gasteiger charge is 2.32. The van der Waals surface area contributed by atoms with Gasteiger partial charge < -0.3 is 5.11 Å². The molecular weight excluding hydrogens is 424 g/mol. The van der Waals surface area contributed by atoms with E-state index >= 15 is 0 Å². The molecule has 4 aromatic carbocycles. The number of benzene rings is 4. The molecule has 1 amide bonds. The first-order valence-electron chi connectivity index (χ1n) is 10.8. The third-order valence-corrected chi connectivity index (χ3v) is 5.51. The van der Waals surface area contributed by atoms with Crippen LogP contribution in [0.4, 0.5) is 5.69 Å². The van der Waals surface area contributed by atoms with Crippen LogP contribution < -0.4 is 4.90 Å². The number of aromatic hydroxyl groups is 1. The second-order valence-corrected chi connectivity index (χ2v) is 7.81. The molecule has 0 unspecified atom stereocenters. The van der Waals surface area contributed by atoms with Crippen molar-refractivity contribution in [2.75, 3.05) is 4.90 Å². The number of phenols is 1. The van der Waals surface area contributed by atoms with E-state index in [0.717, 1.165) is 11.1 Å². The monoisotopic (exact) mass is 444 g/mol. The van der Waals surface area contributed by atoms with Gasteiger partial charge in [-0.1, -0.05) is 72.8 Å². The summed E-state index contributed by atoms with van der Waals surface area (Å²) in [7, 11) is 0. The predicted molar refractivity (Wildman–Crippen MR) is 133 cm³/mol. The van der Waals surface area contributed by atoms with Crippen molar-refractivity contribution in [3.05, 3.63) is 137 Å². The third-order valence-electron chi connectivity index (χ3n) is 5.51. The van der Waals surface area contributed by atoms with Crippen molar-refractivity contribution in [1.82, 2.24) is 0 Å². The molecule has 1 heterocycles. The zero-order valence-electron chi connectivity index (χ0n) is 18.1. The lowest BCUT2D eigenvalue weighted by Gasteiger charge is -2.19. The van der Waals surface area contributed by atoms with E-state index in [4.69, 9.17) is 0 Å². The number of carbonyl (C=O) groups is 2. The number of amidine groups is 1. The maximum atomic E-state index is 13.4. The Morgan fingerprint density at radius 1 is 0.735 bits per heavy atom. The molecule has 0 aliphatic carbocycles. The van der Waals surface area contributed by atoms with Gasteiger partial charge in [-0.05, 0) is 48.0 Å². The van der Waals surface area contributed by atoms with Crippen molar-refractivity contribution in [2.24, 2.45) is 4.99 Å². The lowest BCUT2D eigenvalue weighted by molar-refractivity contribution is -0.113. The topological polar surface area (TPSA) is 70.0 Å². The van der Waals surface area contributed by atoms with E-state index in [1.54, 1.807) is 71.6 Å². The number of hydrogen-bond acceptors (Lipinski definition) is 4.